The van der Waals surface area contributed by atoms with E-state index in [9.17, 15) is 0 Å². The summed E-state index contributed by atoms with van der Waals surface area (Å²) in [5.74, 6) is 0. The van der Waals surface area contributed by atoms with Crippen LogP contribution in [0.3, 0.4) is 0 Å². The Labute approximate surface area is 95.7 Å². The standard InChI is InChI=1S/C14H27N/c1-6-15-14(5)11-10-13(4)9-7-8-12(2)3/h8,10,14-15H,6-7,9,11H2,1-5H3. The predicted octanol–water partition coefficient (Wildman–Crippen LogP) is 4.07. The fourth-order valence-corrected chi connectivity index (χ4v) is 1.50. The van der Waals surface area contributed by atoms with E-state index in [0.29, 0.717) is 6.04 Å². The predicted molar refractivity (Wildman–Crippen MR) is 70.2 cm³/mol. The fourth-order valence-electron chi connectivity index (χ4n) is 1.50. The molecule has 0 heterocycles. The lowest BCUT2D eigenvalue weighted by atomic mass is 10.1. The zero-order valence-corrected chi connectivity index (χ0v) is 11.1. The first kappa shape index (κ1) is 14.4. The van der Waals surface area contributed by atoms with Crippen LogP contribution in [0.4, 0.5) is 0 Å². The third-order valence-corrected chi connectivity index (χ3v) is 2.46. The van der Waals surface area contributed by atoms with Gasteiger partial charge in [0.05, 0.1) is 0 Å². The molecule has 15 heavy (non-hydrogen) atoms. The molecule has 0 rings (SSSR count). The minimum Gasteiger partial charge on any atom is -0.314 e. The molecule has 0 aromatic carbocycles. The topological polar surface area (TPSA) is 12.0 Å². The van der Waals surface area contributed by atoms with Crippen LogP contribution < -0.4 is 5.32 Å². The molecule has 88 valence electrons. The van der Waals surface area contributed by atoms with Gasteiger partial charge in [0.1, 0.15) is 0 Å². The second-order valence-corrected chi connectivity index (χ2v) is 4.57. The summed E-state index contributed by atoms with van der Waals surface area (Å²) < 4.78 is 0. The van der Waals surface area contributed by atoms with Crippen molar-refractivity contribution in [3.8, 4) is 0 Å². The van der Waals surface area contributed by atoms with Gasteiger partial charge in [-0.1, -0.05) is 30.2 Å². The average Bonchev–Trinajstić information content (AvgIpc) is 2.14. The Kier molecular flexibility index (Phi) is 8.40. The van der Waals surface area contributed by atoms with Gasteiger partial charge in [0.15, 0.2) is 0 Å². The first-order chi connectivity index (χ1) is 7.06. The third-order valence-electron chi connectivity index (χ3n) is 2.46. The molecule has 0 saturated carbocycles. The molecule has 0 aliphatic carbocycles. The number of hydrogen-bond donors (Lipinski definition) is 1. The Balaban J connectivity index is 3.74. The summed E-state index contributed by atoms with van der Waals surface area (Å²) >= 11 is 0. The van der Waals surface area contributed by atoms with Crippen LogP contribution in [-0.4, -0.2) is 12.6 Å². The van der Waals surface area contributed by atoms with Crippen molar-refractivity contribution < 1.29 is 0 Å². The summed E-state index contributed by atoms with van der Waals surface area (Å²) in [4.78, 5) is 0. The molecule has 1 atom stereocenters. The molecule has 0 fully saturated rings. The maximum absolute atomic E-state index is 3.42. The molecule has 0 aliphatic rings. The summed E-state index contributed by atoms with van der Waals surface area (Å²) in [6.45, 7) is 12.0. The van der Waals surface area contributed by atoms with Crippen molar-refractivity contribution in [1.82, 2.24) is 5.32 Å². The van der Waals surface area contributed by atoms with Gasteiger partial charge in [0, 0.05) is 6.04 Å². The third kappa shape index (κ3) is 9.74. The van der Waals surface area contributed by atoms with Gasteiger partial charge in [-0.25, -0.2) is 0 Å². The van der Waals surface area contributed by atoms with Crippen molar-refractivity contribution in [3.63, 3.8) is 0 Å². The fraction of sp³-hybridized carbons (Fsp3) is 0.714. The Morgan fingerprint density at radius 1 is 1.20 bits per heavy atom. The molecular weight excluding hydrogens is 182 g/mol. The van der Waals surface area contributed by atoms with E-state index in [4.69, 9.17) is 0 Å². The molecule has 0 radical (unpaired) electrons. The molecule has 0 aliphatic heterocycles. The molecule has 1 unspecified atom stereocenters. The molecule has 1 N–H and O–H groups in total. The first-order valence-electron chi connectivity index (χ1n) is 6.08. The van der Waals surface area contributed by atoms with Gasteiger partial charge in [-0.15, -0.1) is 0 Å². The molecule has 0 aromatic rings. The largest absolute Gasteiger partial charge is 0.314 e. The average molecular weight is 209 g/mol. The molecule has 1 heteroatoms. The summed E-state index contributed by atoms with van der Waals surface area (Å²) in [6.07, 6.45) is 8.20. The van der Waals surface area contributed by atoms with Gasteiger partial charge >= 0.3 is 0 Å². The second-order valence-electron chi connectivity index (χ2n) is 4.57. The molecule has 0 bridgehead atoms. The van der Waals surface area contributed by atoms with Crippen LogP contribution in [0, 0.1) is 0 Å². The molecule has 0 amide bonds. The van der Waals surface area contributed by atoms with Crippen molar-refractivity contribution in [2.75, 3.05) is 6.54 Å². The Bertz CT molecular complexity index is 209. The maximum atomic E-state index is 3.42. The summed E-state index contributed by atoms with van der Waals surface area (Å²) in [7, 11) is 0. The maximum Gasteiger partial charge on any atom is 0.00732 e. The monoisotopic (exact) mass is 209 g/mol. The molecular formula is C14H27N. The van der Waals surface area contributed by atoms with Crippen molar-refractivity contribution in [2.45, 2.75) is 59.9 Å². The van der Waals surface area contributed by atoms with E-state index in [1.165, 1.54) is 24.0 Å². The normalized spacial score (nSPS) is 13.8. The van der Waals surface area contributed by atoms with E-state index in [0.717, 1.165) is 13.0 Å². The highest BCUT2D eigenvalue weighted by atomic mass is 14.9. The lowest BCUT2D eigenvalue weighted by molar-refractivity contribution is 0.572. The van der Waals surface area contributed by atoms with Crippen LogP contribution in [0.15, 0.2) is 23.3 Å². The van der Waals surface area contributed by atoms with Crippen molar-refractivity contribution in [3.05, 3.63) is 23.3 Å². The lowest BCUT2D eigenvalue weighted by Crippen LogP contribution is -2.24. The highest BCUT2D eigenvalue weighted by Crippen LogP contribution is 2.08. The highest BCUT2D eigenvalue weighted by molar-refractivity contribution is 5.02. The van der Waals surface area contributed by atoms with Crippen LogP contribution in [0.2, 0.25) is 0 Å². The molecule has 1 nitrogen and oxygen atoms in total. The second kappa shape index (κ2) is 8.72. The summed E-state index contributed by atoms with van der Waals surface area (Å²) in [5, 5.41) is 3.42. The number of rotatable bonds is 7. The van der Waals surface area contributed by atoms with Crippen LogP contribution in [0.5, 0.6) is 0 Å². The van der Waals surface area contributed by atoms with E-state index in [1.807, 2.05) is 0 Å². The van der Waals surface area contributed by atoms with Crippen LogP contribution in [0.25, 0.3) is 0 Å². The lowest BCUT2D eigenvalue weighted by Gasteiger charge is -2.09. The van der Waals surface area contributed by atoms with Crippen molar-refractivity contribution in [1.29, 1.82) is 0 Å². The van der Waals surface area contributed by atoms with Crippen LogP contribution in [0.1, 0.15) is 53.9 Å². The van der Waals surface area contributed by atoms with E-state index in [-0.39, 0.29) is 0 Å². The van der Waals surface area contributed by atoms with Gasteiger partial charge < -0.3 is 5.32 Å². The van der Waals surface area contributed by atoms with Gasteiger partial charge in [-0.3, -0.25) is 0 Å². The Hall–Kier alpha value is -0.560. The van der Waals surface area contributed by atoms with Gasteiger partial charge in [0.2, 0.25) is 0 Å². The summed E-state index contributed by atoms with van der Waals surface area (Å²) in [5.41, 5.74) is 2.93. The Morgan fingerprint density at radius 2 is 1.87 bits per heavy atom. The minimum atomic E-state index is 0.605. The minimum absolute atomic E-state index is 0.605. The van der Waals surface area contributed by atoms with Gasteiger partial charge in [0.25, 0.3) is 0 Å². The smallest absolute Gasteiger partial charge is 0.00732 e. The SMILES string of the molecule is CCNC(C)CC=C(C)CCC=C(C)C. The van der Waals surface area contributed by atoms with Gasteiger partial charge in [-0.2, -0.15) is 0 Å². The number of nitrogens with one attached hydrogen (secondary N) is 1. The quantitative estimate of drug-likeness (QED) is 0.623. The van der Waals surface area contributed by atoms with Crippen LogP contribution >= 0.6 is 0 Å². The highest BCUT2D eigenvalue weighted by Gasteiger charge is 1.96. The van der Waals surface area contributed by atoms with E-state index >= 15 is 0 Å². The number of hydrogen-bond acceptors (Lipinski definition) is 1. The number of allylic oxidation sites excluding steroid dienone is 3. The van der Waals surface area contributed by atoms with Crippen molar-refractivity contribution in [2.24, 2.45) is 0 Å². The van der Waals surface area contributed by atoms with Gasteiger partial charge in [-0.05, 0) is 53.5 Å². The summed E-state index contributed by atoms with van der Waals surface area (Å²) in [6, 6.07) is 0.605. The zero-order chi connectivity index (χ0) is 11.7. The van der Waals surface area contributed by atoms with Crippen molar-refractivity contribution >= 4 is 0 Å². The van der Waals surface area contributed by atoms with E-state index in [1.54, 1.807) is 0 Å². The van der Waals surface area contributed by atoms with E-state index in [2.05, 4.69) is 52.1 Å². The Morgan fingerprint density at radius 3 is 2.40 bits per heavy atom. The van der Waals surface area contributed by atoms with Crippen LogP contribution in [-0.2, 0) is 0 Å². The molecule has 0 aromatic heterocycles. The molecule has 0 saturated heterocycles. The molecule has 0 spiro atoms. The van der Waals surface area contributed by atoms with E-state index < -0.39 is 0 Å². The first-order valence-corrected chi connectivity index (χ1v) is 6.08. The zero-order valence-electron chi connectivity index (χ0n) is 11.1.